The Bertz CT molecular complexity index is 707. The number of carbonyl (C=O) groups is 2. The molecule has 0 aliphatic carbocycles. The van der Waals surface area contributed by atoms with E-state index in [4.69, 9.17) is 5.11 Å². The van der Waals surface area contributed by atoms with Crippen LogP contribution in [0.3, 0.4) is 0 Å². The van der Waals surface area contributed by atoms with Crippen molar-refractivity contribution in [1.82, 2.24) is 20.1 Å². The van der Waals surface area contributed by atoms with Crippen LogP contribution in [-0.2, 0) is 11.2 Å². The van der Waals surface area contributed by atoms with Gasteiger partial charge in [0.15, 0.2) is 5.69 Å². The predicted molar refractivity (Wildman–Crippen MR) is 86.8 cm³/mol. The first-order valence-electron chi connectivity index (χ1n) is 7.34. The molecule has 1 atom stereocenters. The van der Waals surface area contributed by atoms with Gasteiger partial charge in [0.25, 0.3) is 0 Å². The Morgan fingerprint density at radius 2 is 2.17 bits per heavy atom. The van der Waals surface area contributed by atoms with Gasteiger partial charge in [-0.25, -0.2) is 9.78 Å². The highest BCUT2D eigenvalue weighted by atomic mass is 32.1. The Morgan fingerprint density at radius 3 is 2.74 bits per heavy atom. The molecule has 2 heterocycles. The van der Waals surface area contributed by atoms with E-state index in [0.29, 0.717) is 24.4 Å². The number of carboxylic acid groups (broad SMARTS) is 1. The van der Waals surface area contributed by atoms with Gasteiger partial charge in [-0.15, -0.1) is 11.3 Å². The Morgan fingerprint density at radius 1 is 1.43 bits per heavy atom. The molecule has 2 aromatic heterocycles. The molecular formula is C15H20N4O3S. The number of amides is 1. The smallest absolute Gasteiger partial charge is 0.355 e. The first-order chi connectivity index (χ1) is 10.9. The summed E-state index contributed by atoms with van der Waals surface area (Å²) >= 11 is 1.29. The summed E-state index contributed by atoms with van der Waals surface area (Å²) in [6.45, 7) is 6.29. The second kappa shape index (κ2) is 7.36. The lowest BCUT2D eigenvalue weighted by Crippen LogP contribution is -2.28. The summed E-state index contributed by atoms with van der Waals surface area (Å²) in [5, 5.41) is 18.2. The number of aromatic carboxylic acids is 1. The van der Waals surface area contributed by atoms with Gasteiger partial charge in [0.05, 0.1) is 16.7 Å². The fourth-order valence-corrected chi connectivity index (χ4v) is 3.12. The topological polar surface area (TPSA) is 97.1 Å². The Hall–Kier alpha value is -2.22. The molecule has 0 fully saturated rings. The van der Waals surface area contributed by atoms with Crippen molar-refractivity contribution in [3.8, 4) is 0 Å². The van der Waals surface area contributed by atoms with Crippen LogP contribution in [0.25, 0.3) is 0 Å². The number of nitrogens with zero attached hydrogens (tertiary/aromatic N) is 3. The monoisotopic (exact) mass is 336 g/mol. The molecule has 0 bridgehead atoms. The van der Waals surface area contributed by atoms with E-state index in [9.17, 15) is 9.59 Å². The highest BCUT2D eigenvalue weighted by Gasteiger charge is 2.14. The third kappa shape index (κ3) is 4.62. The zero-order chi connectivity index (χ0) is 17.0. The Labute approximate surface area is 138 Å². The SMILES string of the molecule is Cc1cc(C)n(C(C)CC(=O)NCCc2nc(C(=O)O)cs2)n1. The number of hydrogen-bond donors (Lipinski definition) is 2. The highest BCUT2D eigenvalue weighted by Crippen LogP contribution is 2.14. The molecule has 0 spiro atoms. The van der Waals surface area contributed by atoms with Crippen molar-refractivity contribution >= 4 is 23.2 Å². The summed E-state index contributed by atoms with van der Waals surface area (Å²) in [4.78, 5) is 26.7. The van der Waals surface area contributed by atoms with Gasteiger partial charge in [-0.2, -0.15) is 5.10 Å². The standard InChI is InChI=1S/C15H20N4O3S/c1-9-6-10(2)19(18-9)11(3)7-13(20)16-5-4-14-17-12(8-23-14)15(21)22/h6,8,11H,4-5,7H2,1-3H3,(H,16,20)(H,21,22). The molecule has 0 saturated heterocycles. The van der Waals surface area contributed by atoms with Crippen molar-refractivity contribution in [3.63, 3.8) is 0 Å². The van der Waals surface area contributed by atoms with Gasteiger partial charge in [-0.05, 0) is 26.8 Å². The van der Waals surface area contributed by atoms with Gasteiger partial charge in [0.1, 0.15) is 0 Å². The van der Waals surface area contributed by atoms with Crippen molar-refractivity contribution in [2.45, 2.75) is 39.7 Å². The molecule has 2 aromatic rings. The third-order valence-corrected chi connectivity index (χ3v) is 4.28. The first-order valence-corrected chi connectivity index (χ1v) is 8.22. The van der Waals surface area contributed by atoms with E-state index < -0.39 is 5.97 Å². The van der Waals surface area contributed by atoms with Crippen molar-refractivity contribution < 1.29 is 14.7 Å². The van der Waals surface area contributed by atoms with Crippen LogP contribution in [0.1, 0.15) is 46.3 Å². The largest absolute Gasteiger partial charge is 0.476 e. The maximum absolute atomic E-state index is 12.0. The van der Waals surface area contributed by atoms with Gasteiger partial charge in [-0.3, -0.25) is 9.48 Å². The van der Waals surface area contributed by atoms with Crippen LogP contribution < -0.4 is 5.32 Å². The summed E-state index contributed by atoms with van der Waals surface area (Å²) in [6.07, 6.45) is 0.873. The van der Waals surface area contributed by atoms with Crippen molar-refractivity contribution in [2.75, 3.05) is 6.54 Å². The molecule has 0 saturated carbocycles. The molecule has 0 aliphatic heterocycles. The van der Waals surface area contributed by atoms with Crippen molar-refractivity contribution in [2.24, 2.45) is 0 Å². The molecular weight excluding hydrogens is 316 g/mol. The lowest BCUT2D eigenvalue weighted by molar-refractivity contribution is -0.121. The number of nitrogens with one attached hydrogen (secondary N) is 1. The molecule has 0 radical (unpaired) electrons. The van der Waals surface area contributed by atoms with E-state index in [0.717, 1.165) is 11.4 Å². The fraction of sp³-hybridized carbons (Fsp3) is 0.467. The van der Waals surface area contributed by atoms with E-state index in [2.05, 4.69) is 15.4 Å². The maximum atomic E-state index is 12.0. The second-order valence-corrected chi connectivity index (χ2v) is 6.40. The summed E-state index contributed by atoms with van der Waals surface area (Å²) in [5.74, 6) is -1.09. The van der Waals surface area contributed by atoms with Crippen LogP contribution >= 0.6 is 11.3 Å². The lowest BCUT2D eigenvalue weighted by atomic mass is 10.2. The fourth-order valence-electron chi connectivity index (χ4n) is 2.35. The number of rotatable bonds is 7. The van der Waals surface area contributed by atoms with E-state index in [1.165, 1.54) is 16.7 Å². The average Bonchev–Trinajstić information content (AvgIpc) is 3.05. The van der Waals surface area contributed by atoms with Crippen LogP contribution in [-0.4, -0.2) is 38.3 Å². The van der Waals surface area contributed by atoms with Crippen LogP contribution in [0.2, 0.25) is 0 Å². The van der Waals surface area contributed by atoms with Crippen molar-refractivity contribution in [3.05, 3.63) is 33.5 Å². The molecule has 23 heavy (non-hydrogen) atoms. The summed E-state index contributed by atoms with van der Waals surface area (Å²) < 4.78 is 1.86. The lowest BCUT2D eigenvalue weighted by Gasteiger charge is -2.14. The van der Waals surface area contributed by atoms with Crippen LogP contribution in [0, 0.1) is 13.8 Å². The van der Waals surface area contributed by atoms with E-state index >= 15 is 0 Å². The number of carboxylic acids is 1. The molecule has 2 N–H and O–H groups in total. The molecule has 8 heteroatoms. The van der Waals surface area contributed by atoms with Gasteiger partial charge in [0.2, 0.25) is 5.91 Å². The minimum Gasteiger partial charge on any atom is -0.476 e. The van der Waals surface area contributed by atoms with Gasteiger partial charge >= 0.3 is 5.97 Å². The molecule has 0 aromatic carbocycles. The van der Waals surface area contributed by atoms with E-state index in [1.807, 2.05) is 31.5 Å². The van der Waals surface area contributed by atoms with E-state index in [-0.39, 0.29) is 17.6 Å². The molecule has 124 valence electrons. The van der Waals surface area contributed by atoms with Gasteiger partial charge < -0.3 is 10.4 Å². The molecule has 2 rings (SSSR count). The van der Waals surface area contributed by atoms with Crippen molar-refractivity contribution in [1.29, 1.82) is 0 Å². The number of aromatic nitrogens is 3. The predicted octanol–water partition coefficient (Wildman–Crippen LogP) is 1.96. The van der Waals surface area contributed by atoms with Crippen LogP contribution in [0.4, 0.5) is 0 Å². The first kappa shape index (κ1) is 17.1. The average molecular weight is 336 g/mol. The number of thiazole rings is 1. The second-order valence-electron chi connectivity index (χ2n) is 5.46. The van der Waals surface area contributed by atoms with Crippen LogP contribution in [0.15, 0.2) is 11.4 Å². The maximum Gasteiger partial charge on any atom is 0.355 e. The normalized spacial score (nSPS) is 12.1. The molecule has 7 nitrogen and oxygen atoms in total. The molecule has 0 aliphatic rings. The number of carbonyl (C=O) groups excluding carboxylic acids is 1. The third-order valence-electron chi connectivity index (χ3n) is 3.37. The minimum absolute atomic E-state index is 0.0119. The quantitative estimate of drug-likeness (QED) is 0.805. The Kier molecular flexibility index (Phi) is 5.49. The molecule has 1 amide bonds. The molecule has 1 unspecified atom stereocenters. The van der Waals surface area contributed by atoms with E-state index in [1.54, 1.807) is 0 Å². The van der Waals surface area contributed by atoms with Gasteiger partial charge in [0, 0.05) is 30.5 Å². The summed E-state index contributed by atoms with van der Waals surface area (Å²) in [7, 11) is 0. The number of aryl methyl sites for hydroxylation is 2. The zero-order valence-electron chi connectivity index (χ0n) is 13.4. The number of hydrogen-bond acceptors (Lipinski definition) is 5. The minimum atomic E-state index is -1.03. The highest BCUT2D eigenvalue weighted by molar-refractivity contribution is 7.09. The van der Waals surface area contributed by atoms with Gasteiger partial charge in [-0.1, -0.05) is 0 Å². The zero-order valence-corrected chi connectivity index (χ0v) is 14.2. The Balaban J connectivity index is 1.78. The van der Waals surface area contributed by atoms with Crippen LogP contribution in [0.5, 0.6) is 0 Å². The summed E-state index contributed by atoms with van der Waals surface area (Å²) in [5.41, 5.74) is 2.02. The summed E-state index contributed by atoms with van der Waals surface area (Å²) in [6, 6.07) is 1.97.